The molecule has 9 heteroatoms. The summed E-state index contributed by atoms with van der Waals surface area (Å²) in [6, 6.07) is 13.4. The maximum atomic E-state index is 14.7. The smallest absolute Gasteiger partial charge is 0.257 e. The van der Waals surface area contributed by atoms with Crippen molar-refractivity contribution in [3.63, 3.8) is 0 Å². The number of likely N-dealkylation sites (tertiary alicyclic amines) is 1. The minimum atomic E-state index is -1.17. The average Bonchev–Trinajstić information content (AvgIpc) is 3.00. The number of aliphatic hydroxyl groups excluding tert-OH is 2. The van der Waals surface area contributed by atoms with Crippen LogP contribution in [0.3, 0.4) is 0 Å². The molecule has 2 aromatic rings. The standard InChI is InChI=1S/C29H38FN3O5/c1-20-15-33(18-23(35)17-32-10-8-21-4-2-3-5-22(21)16-32)29(36)25-7-6-24(14-28(25)37-20)38-27-9-11-31(12-13-34)19-26(27)30/h2-7,14,20,23,26-27,34-35H,8-13,15-19H2,1H3/t20?,23?,26-,27-/m1/s1. The number of alkyl halides is 1. The van der Waals surface area contributed by atoms with Crippen LogP contribution in [-0.2, 0) is 13.0 Å². The van der Waals surface area contributed by atoms with Gasteiger partial charge in [0.25, 0.3) is 5.91 Å². The van der Waals surface area contributed by atoms with E-state index < -0.39 is 18.4 Å². The van der Waals surface area contributed by atoms with Gasteiger partial charge in [-0.05, 0) is 43.0 Å². The second-order valence-electron chi connectivity index (χ2n) is 10.7. The molecule has 2 unspecified atom stereocenters. The Labute approximate surface area is 223 Å². The third kappa shape index (κ3) is 6.29. The lowest BCUT2D eigenvalue weighted by molar-refractivity contribution is 0.0166. The van der Waals surface area contributed by atoms with Gasteiger partial charge in [0.05, 0.1) is 24.8 Å². The van der Waals surface area contributed by atoms with E-state index in [-0.39, 0.29) is 31.7 Å². The topological polar surface area (TPSA) is 85.7 Å². The molecule has 38 heavy (non-hydrogen) atoms. The van der Waals surface area contributed by atoms with E-state index in [0.29, 0.717) is 49.7 Å². The second kappa shape index (κ2) is 12.0. The van der Waals surface area contributed by atoms with Crippen molar-refractivity contribution in [2.45, 2.75) is 50.8 Å². The van der Waals surface area contributed by atoms with Gasteiger partial charge >= 0.3 is 0 Å². The summed E-state index contributed by atoms with van der Waals surface area (Å²) in [5, 5.41) is 20.0. The summed E-state index contributed by atoms with van der Waals surface area (Å²) in [7, 11) is 0. The maximum absolute atomic E-state index is 14.7. The van der Waals surface area contributed by atoms with E-state index in [4.69, 9.17) is 14.6 Å². The highest BCUT2D eigenvalue weighted by Crippen LogP contribution is 2.31. The third-order valence-electron chi connectivity index (χ3n) is 7.66. The van der Waals surface area contributed by atoms with Crippen LogP contribution < -0.4 is 9.47 Å². The zero-order chi connectivity index (χ0) is 26.6. The molecule has 5 rings (SSSR count). The number of carbonyl (C=O) groups is 1. The Morgan fingerprint density at radius 1 is 1.11 bits per heavy atom. The number of aliphatic hydroxyl groups is 2. The van der Waals surface area contributed by atoms with Crippen LogP contribution in [0.25, 0.3) is 0 Å². The van der Waals surface area contributed by atoms with E-state index in [1.165, 1.54) is 11.1 Å². The molecular formula is C29H38FN3O5. The fraction of sp³-hybridized carbons (Fsp3) is 0.552. The molecule has 3 heterocycles. The van der Waals surface area contributed by atoms with E-state index in [0.717, 1.165) is 19.5 Å². The fourth-order valence-corrected chi connectivity index (χ4v) is 5.74. The Morgan fingerprint density at radius 2 is 1.92 bits per heavy atom. The second-order valence-corrected chi connectivity index (χ2v) is 10.7. The number of carbonyl (C=O) groups excluding carboxylic acids is 1. The number of rotatable bonds is 8. The highest BCUT2D eigenvalue weighted by Gasteiger charge is 2.32. The SMILES string of the molecule is CC1CN(CC(O)CN2CCc3ccccc3C2)C(=O)c2ccc(O[C@@H]3CCN(CCO)C[C@H]3F)cc2O1. The number of hydrogen-bond donors (Lipinski definition) is 2. The van der Waals surface area contributed by atoms with Crippen LogP contribution in [0.15, 0.2) is 42.5 Å². The Balaban J connectivity index is 1.20. The van der Waals surface area contributed by atoms with Gasteiger partial charge in [-0.15, -0.1) is 0 Å². The van der Waals surface area contributed by atoms with Gasteiger partial charge in [0.15, 0.2) is 0 Å². The Kier molecular flexibility index (Phi) is 8.48. The molecule has 0 radical (unpaired) electrons. The van der Waals surface area contributed by atoms with Crippen molar-refractivity contribution in [1.82, 2.24) is 14.7 Å². The number of halogens is 1. The molecular weight excluding hydrogens is 489 g/mol. The lowest BCUT2D eigenvalue weighted by atomic mass is 10.00. The van der Waals surface area contributed by atoms with Crippen molar-refractivity contribution in [1.29, 1.82) is 0 Å². The summed E-state index contributed by atoms with van der Waals surface area (Å²) < 4.78 is 26.7. The average molecular weight is 528 g/mol. The Hall–Kier alpha value is -2.72. The number of benzene rings is 2. The summed E-state index contributed by atoms with van der Waals surface area (Å²) in [6.07, 6.45) is -1.24. The Bertz CT molecular complexity index is 1120. The largest absolute Gasteiger partial charge is 0.488 e. The van der Waals surface area contributed by atoms with Crippen molar-refractivity contribution < 1.29 is 28.9 Å². The summed E-state index contributed by atoms with van der Waals surface area (Å²) in [4.78, 5) is 19.2. The molecule has 0 saturated carbocycles. The molecule has 0 bridgehead atoms. The lowest BCUT2D eigenvalue weighted by Crippen LogP contribution is -2.47. The van der Waals surface area contributed by atoms with Gasteiger partial charge in [-0.1, -0.05) is 24.3 Å². The molecule has 0 spiro atoms. The number of ether oxygens (including phenoxy) is 2. The van der Waals surface area contributed by atoms with Crippen LogP contribution in [0.5, 0.6) is 11.5 Å². The fourth-order valence-electron chi connectivity index (χ4n) is 5.74. The molecule has 4 atom stereocenters. The van der Waals surface area contributed by atoms with E-state index in [2.05, 4.69) is 23.1 Å². The molecule has 1 amide bonds. The minimum Gasteiger partial charge on any atom is -0.488 e. The summed E-state index contributed by atoms with van der Waals surface area (Å²) in [6.45, 7) is 6.00. The van der Waals surface area contributed by atoms with Gasteiger partial charge in [0.2, 0.25) is 0 Å². The van der Waals surface area contributed by atoms with Gasteiger partial charge in [0.1, 0.15) is 29.9 Å². The molecule has 2 N–H and O–H groups in total. The molecule has 0 aromatic heterocycles. The first-order valence-electron chi connectivity index (χ1n) is 13.6. The Morgan fingerprint density at radius 3 is 2.71 bits per heavy atom. The van der Waals surface area contributed by atoms with E-state index in [9.17, 15) is 14.3 Å². The quantitative estimate of drug-likeness (QED) is 0.544. The molecule has 1 fully saturated rings. The third-order valence-corrected chi connectivity index (χ3v) is 7.66. The van der Waals surface area contributed by atoms with Crippen molar-refractivity contribution >= 4 is 5.91 Å². The molecule has 2 aromatic carbocycles. The van der Waals surface area contributed by atoms with Crippen LogP contribution >= 0.6 is 0 Å². The molecule has 0 aliphatic carbocycles. The normalized spacial score (nSPS) is 25.2. The molecule has 3 aliphatic heterocycles. The molecule has 3 aliphatic rings. The monoisotopic (exact) mass is 527 g/mol. The van der Waals surface area contributed by atoms with Crippen molar-refractivity contribution in [2.75, 3.05) is 52.4 Å². The highest BCUT2D eigenvalue weighted by molar-refractivity contribution is 5.97. The number of fused-ring (bicyclic) bond motifs is 2. The minimum absolute atomic E-state index is 0.00739. The number of hydrogen-bond acceptors (Lipinski definition) is 7. The predicted octanol–water partition coefficient (Wildman–Crippen LogP) is 2.11. The first kappa shape index (κ1) is 26.9. The zero-order valence-electron chi connectivity index (χ0n) is 22.0. The first-order valence-corrected chi connectivity index (χ1v) is 13.6. The van der Waals surface area contributed by atoms with E-state index in [1.54, 1.807) is 23.1 Å². The summed E-state index contributed by atoms with van der Waals surface area (Å²) >= 11 is 0. The van der Waals surface area contributed by atoms with Crippen molar-refractivity contribution in [3.8, 4) is 11.5 Å². The van der Waals surface area contributed by atoms with Gasteiger partial charge in [0, 0.05) is 51.9 Å². The molecule has 1 saturated heterocycles. The summed E-state index contributed by atoms with van der Waals surface area (Å²) in [5.41, 5.74) is 3.07. The van der Waals surface area contributed by atoms with Crippen molar-refractivity contribution in [2.24, 2.45) is 0 Å². The van der Waals surface area contributed by atoms with Crippen LogP contribution in [0.1, 0.15) is 34.8 Å². The molecule has 8 nitrogen and oxygen atoms in total. The van der Waals surface area contributed by atoms with Gasteiger partial charge in [-0.25, -0.2) is 4.39 Å². The maximum Gasteiger partial charge on any atom is 0.257 e. The summed E-state index contributed by atoms with van der Waals surface area (Å²) in [5.74, 6) is 0.684. The van der Waals surface area contributed by atoms with Crippen molar-refractivity contribution in [3.05, 3.63) is 59.2 Å². The van der Waals surface area contributed by atoms with Gasteiger partial charge < -0.3 is 24.6 Å². The van der Waals surface area contributed by atoms with Gasteiger partial charge in [-0.2, -0.15) is 0 Å². The number of nitrogens with zero attached hydrogens (tertiary/aromatic N) is 3. The zero-order valence-corrected chi connectivity index (χ0v) is 22.0. The first-order chi connectivity index (χ1) is 18.4. The highest BCUT2D eigenvalue weighted by atomic mass is 19.1. The predicted molar refractivity (Wildman–Crippen MR) is 141 cm³/mol. The van der Waals surface area contributed by atoms with Crippen LogP contribution in [0.2, 0.25) is 0 Å². The number of amides is 1. The number of β-amino-alcohol motifs (C(OH)–C–C–N with tert-alkyl or cyclic N) is 2. The number of piperidine rings is 1. The van der Waals surface area contributed by atoms with E-state index >= 15 is 0 Å². The van der Waals surface area contributed by atoms with Crippen LogP contribution in [-0.4, -0.2) is 108 Å². The molecule has 206 valence electrons. The lowest BCUT2D eigenvalue weighted by Gasteiger charge is -2.34. The van der Waals surface area contributed by atoms with Gasteiger partial charge in [-0.3, -0.25) is 14.6 Å². The van der Waals surface area contributed by atoms with Crippen LogP contribution in [0, 0.1) is 0 Å². The van der Waals surface area contributed by atoms with E-state index in [1.807, 2.05) is 17.9 Å². The van der Waals surface area contributed by atoms with Crippen LogP contribution in [0.4, 0.5) is 4.39 Å².